The number of aryl methyl sites for hydroxylation is 2. The Bertz CT molecular complexity index is 1430. The molecule has 7 nitrogen and oxygen atoms in total. The molecule has 2 fully saturated rings. The van der Waals surface area contributed by atoms with Gasteiger partial charge in [0.1, 0.15) is 28.9 Å². The van der Waals surface area contributed by atoms with Gasteiger partial charge in [0.05, 0.1) is 11.2 Å². The van der Waals surface area contributed by atoms with Gasteiger partial charge < -0.3 is 14.4 Å². The number of aromatic nitrogens is 2. The molecule has 0 N–H and O–H groups in total. The van der Waals surface area contributed by atoms with E-state index in [4.69, 9.17) is 0 Å². The van der Waals surface area contributed by atoms with Gasteiger partial charge in [0, 0.05) is 38.4 Å². The fraction of sp³-hybridized carbons (Fsp3) is 0.467. The van der Waals surface area contributed by atoms with Crippen molar-refractivity contribution in [2.45, 2.75) is 64.0 Å². The van der Waals surface area contributed by atoms with Gasteiger partial charge in [-0.15, -0.1) is 0 Å². The number of anilines is 2. The van der Waals surface area contributed by atoms with Crippen molar-refractivity contribution in [1.82, 2.24) is 9.55 Å². The van der Waals surface area contributed by atoms with Gasteiger partial charge in [0.25, 0.3) is 5.56 Å². The first-order chi connectivity index (χ1) is 17.9. The molecule has 1 aromatic carbocycles. The highest BCUT2D eigenvalue weighted by Crippen LogP contribution is 2.36. The molecule has 3 aromatic rings. The summed E-state index contributed by atoms with van der Waals surface area (Å²) in [5.41, 5.74) is 4.34. The van der Waals surface area contributed by atoms with Crippen LogP contribution < -0.4 is 15.4 Å². The van der Waals surface area contributed by atoms with E-state index in [1.165, 1.54) is 35.1 Å². The highest BCUT2D eigenvalue weighted by molar-refractivity contribution is 5.92. The van der Waals surface area contributed by atoms with Gasteiger partial charge >= 0.3 is 0 Å². The molecule has 0 spiro atoms. The third kappa shape index (κ3) is 4.67. The SMILES string of the molecule is Cc1ccc(N(CC2CCC2)[C@H]2CC[C@@H](N(C)c3c(C#N)c(=O)n(C)c4ccc(C#N)nc34)CC2)cc1. The number of benzene rings is 1. The molecule has 2 aliphatic carbocycles. The summed E-state index contributed by atoms with van der Waals surface area (Å²) in [6.07, 6.45) is 8.03. The number of pyridine rings is 2. The summed E-state index contributed by atoms with van der Waals surface area (Å²) >= 11 is 0. The van der Waals surface area contributed by atoms with Crippen LogP contribution in [-0.2, 0) is 7.05 Å². The van der Waals surface area contributed by atoms with Crippen LogP contribution in [0.25, 0.3) is 11.0 Å². The van der Waals surface area contributed by atoms with E-state index in [-0.39, 0.29) is 22.9 Å². The first-order valence-electron chi connectivity index (χ1n) is 13.3. The molecule has 2 aromatic heterocycles. The second-order valence-corrected chi connectivity index (χ2v) is 10.7. The number of rotatable bonds is 6. The molecular formula is C30H34N6O. The molecule has 2 heterocycles. The van der Waals surface area contributed by atoms with Crippen LogP contribution in [0.15, 0.2) is 41.2 Å². The molecule has 7 heteroatoms. The molecule has 2 saturated carbocycles. The molecule has 0 radical (unpaired) electrons. The van der Waals surface area contributed by atoms with Crippen LogP contribution in [0.4, 0.5) is 11.4 Å². The first kappa shape index (κ1) is 24.8. The Morgan fingerprint density at radius 3 is 2.24 bits per heavy atom. The zero-order valence-electron chi connectivity index (χ0n) is 21.9. The van der Waals surface area contributed by atoms with Crippen molar-refractivity contribution in [3.05, 3.63) is 63.6 Å². The molecule has 0 amide bonds. The Kier molecular flexibility index (Phi) is 6.89. The van der Waals surface area contributed by atoms with E-state index in [1.54, 1.807) is 19.2 Å². The number of hydrogen-bond donors (Lipinski definition) is 0. The maximum Gasteiger partial charge on any atom is 0.270 e. The third-order valence-corrected chi connectivity index (χ3v) is 8.49. The van der Waals surface area contributed by atoms with Gasteiger partial charge in [-0.25, -0.2) is 4.98 Å². The van der Waals surface area contributed by atoms with Gasteiger partial charge in [-0.2, -0.15) is 10.5 Å². The lowest BCUT2D eigenvalue weighted by molar-refractivity contribution is 0.291. The van der Waals surface area contributed by atoms with Gasteiger partial charge in [-0.05, 0) is 75.6 Å². The van der Waals surface area contributed by atoms with Crippen molar-refractivity contribution in [2.75, 3.05) is 23.4 Å². The van der Waals surface area contributed by atoms with Gasteiger partial charge in [0.2, 0.25) is 0 Å². The average Bonchev–Trinajstić information content (AvgIpc) is 2.90. The second-order valence-electron chi connectivity index (χ2n) is 10.7. The Balaban J connectivity index is 1.42. The van der Waals surface area contributed by atoms with Crippen molar-refractivity contribution in [3.63, 3.8) is 0 Å². The molecule has 0 bridgehead atoms. The normalized spacial score (nSPS) is 19.6. The Morgan fingerprint density at radius 1 is 0.973 bits per heavy atom. The van der Waals surface area contributed by atoms with Crippen molar-refractivity contribution in [1.29, 1.82) is 10.5 Å². The number of hydrogen-bond acceptors (Lipinski definition) is 6. The van der Waals surface area contributed by atoms with E-state index in [0.717, 1.165) is 38.1 Å². The number of nitriles is 2. The molecule has 0 atom stereocenters. The van der Waals surface area contributed by atoms with E-state index >= 15 is 0 Å². The predicted molar refractivity (Wildman–Crippen MR) is 147 cm³/mol. The zero-order chi connectivity index (χ0) is 26.1. The van der Waals surface area contributed by atoms with Crippen LogP contribution in [0.2, 0.25) is 0 Å². The summed E-state index contributed by atoms with van der Waals surface area (Å²) in [4.78, 5) is 22.3. The molecular weight excluding hydrogens is 460 g/mol. The maximum atomic E-state index is 13.0. The van der Waals surface area contributed by atoms with Gasteiger partial charge in [-0.1, -0.05) is 24.1 Å². The monoisotopic (exact) mass is 494 g/mol. The lowest BCUT2D eigenvalue weighted by atomic mass is 9.83. The minimum Gasteiger partial charge on any atom is -0.369 e. The zero-order valence-corrected chi connectivity index (χ0v) is 21.9. The predicted octanol–water partition coefficient (Wildman–Crippen LogP) is 5.04. The molecule has 5 rings (SSSR count). The molecule has 190 valence electrons. The van der Waals surface area contributed by atoms with Crippen molar-refractivity contribution in [2.24, 2.45) is 13.0 Å². The van der Waals surface area contributed by atoms with E-state index in [0.29, 0.717) is 22.8 Å². The average molecular weight is 495 g/mol. The summed E-state index contributed by atoms with van der Waals surface area (Å²) in [5.74, 6) is 0.784. The summed E-state index contributed by atoms with van der Waals surface area (Å²) in [5, 5.41) is 19.4. The lowest BCUT2D eigenvalue weighted by Gasteiger charge is -2.44. The van der Waals surface area contributed by atoms with Crippen molar-refractivity contribution < 1.29 is 0 Å². The fourth-order valence-electron chi connectivity index (χ4n) is 5.99. The summed E-state index contributed by atoms with van der Waals surface area (Å²) in [6, 6.07) is 17.2. The highest BCUT2D eigenvalue weighted by atomic mass is 16.1. The van der Waals surface area contributed by atoms with E-state index < -0.39 is 0 Å². The largest absolute Gasteiger partial charge is 0.369 e. The topological polar surface area (TPSA) is 89.0 Å². The third-order valence-electron chi connectivity index (χ3n) is 8.49. The standard InChI is InChI=1S/C30H34N6O/c1-20-7-10-24(11-8-20)36(19-21-5-4-6-21)25-14-12-23(13-15-25)34(2)29-26(18-32)30(37)35(3)27-16-9-22(17-31)33-28(27)29/h7-11,16,21,23,25H,4-6,12-15,19H2,1-3H3/t23-,25+. The summed E-state index contributed by atoms with van der Waals surface area (Å²) in [6.45, 7) is 3.25. The second kappa shape index (κ2) is 10.3. The quantitative estimate of drug-likeness (QED) is 0.477. The van der Waals surface area contributed by atoms with Gasteiger partial charge in [-0.3, -0.25) is 4.79 Å². The van der Waals surface area contributed by atoms with Crippen LogP contribution in [0, 0.1) is 35.5 Å². The van der Waals surface area contributed by atoms with E-state index in [1.807, 2.05) is 7.05 Å². The minimum absolute atomic E-state index is 0.0912. The van der Waals surface area contributed by atoms with Gasteiger partial charge in [0.15, 0.2) is 0 Å². The lowest BCUT2D eigenvalue weighted by Crippen LogP contribution is -2.46. The van der Waals surface area contributed by atoms with Crippen molar-refractivity contribution in [3.8, 4) is 12.1 Å². The van der Waals surface area contributed by atoms with Crippen LogP contribution >= 0.6 is 0 Å². The molecule has 0 aliphatic heterocycles. The molecule has 37 heavy (non-hydrogen) atoms. The van der Waals surface area contributed by atoms with Crippen LogP contribution in [0.3, 0.4) is 0 Å². The molecule has 0 saturated heterocycles. The summed E-state index contributed by atoms with van der Waals surface area (Å²) in [7, 11) is 3.61. The number of fused-ring (bicyclic) bond motifs is 1. The molecule has 2 aliphatic rings. The maximum absolute atomic E-state index is 13.0. The van der Waals surface area contributed by atoms with Crippen LogP contribution in [0.5, 0.6) is 0 Å². The Labute approximate surface area is 218 Å². The molecule has 0 unspecified atom stereocenters. The minimum atomic E-state index is -0.330. The Hall–Kier alpha value is -3.84. The number of nitrogens with zero attached hydrogens (tertiary/aromatic N) is 6. The van der Waals surface area contributed by atoms with E-state index in [2.05, 4.69) is 58.1 Å². The van der Waals surface area contributed by atoms with Crippen molar-refractivity contribution >= 4 is 22.4 Å². The van der Waals surface area contributed by atoms with Crippen LogP contribution in [-0.4, -0.2) is 35.2 Å². The Morgan fingerprint density at radius 2 is 1.65 bits per heavy atom. The van der Waals surface area contributed by atoms with Crippen LogP contribution in [0.1, 0.15) is 61.8 Å². The first-order valence-corrected chi connectivity index (χ1v) is 13.3. The smallest absolute Gasteiger partial charge is 0.270 e. The fourth-order valence-corrected chi connectivity index (χ4v) is 5.99. The highest BCUT2D eigenvalue weighted by Gasteiger charge is 2.32. The summed E-state index contributed by atoms with van der Waals surface area (Å²) < 4.78 is 1.45. The van der Waals surface area contributed by atoms with E-state index in [9.17, 15) is 15.3 Å².